The number of carbonyl (C=O) groups excluding carboxylic acids is 1. The van der Waals surface area contributed by atoms with Gasteiger partial charge in [-0.2, -0.15) is 0 Å². The molecule has 1 saturated heterocycles. The molecule has 1 unspecified atom stereocenters. The second-order valence-corrected chi connectivity index (χ2v) is 5.93. The fraction of sp³-hybridized carbons (Fsp3) is 0.917. The van der Waals surface area contributed by atoms with Gasteiger partial charge in [-0.1, -0.05) is 20.8 Å². The molecule has 1 rings (SSSR count). The van der Waals surface area contributed by atoms with E-state index < -0.39 is 6.09 Å². The Balaban J connectivity index is 2.34. The third-order valence-electron chi connectivity index (χ3n) is 3.22. The molecule has 1 heterocycles. The first-order valence-corrected chi connectivity index (χ1v) is 5.93. The predicted molar refractivity (Wildman–Crippen MR) is 59.8 cm³/mol. The molecule has 1 fully saturated rings. The summed E-state index contributed by atoms with van der Waals surface area (Å²) in [6.07, 6.45) is 0.943. The van der Waals surface area contributed by atoms with Crippen LogP contribution in [0.5, 0.6) is 0 Å². The number of carboxylic acid groups (broad SMARTS) is 1. The van der Waals surface area contributed by atoms with E-state index in [4.69, 9.17) is 0 Å². The molecule has 1 aliphatic heterocycles. The number of likely N-dealkylation sites (tertiary alicyclic amines) is 1. The van der Waals surface area contributed by atoms with Gasteiger partial charge in [0.1, 0.15) is 6.09 Å². The molecule has 2 atom stereocenters. The van der Waals surface area contributed by atoms with Crippen molar-refractivity contribution in [2.75, 3.05) is 13.1 Å². The zero-order valence-electron chi connectivity index (χ0n) is 10.4. The molecule has 0 aliphatic carbocycles. The Labute approximate surface area is 97.3 Å². The maximum Gasteiger partial charge on any atom is 0.136 e. The Hall–Kier alpha value is -0.770. The van der Waals surface area contributed by atoms with Crippen LogP contribution in [0.4, 0.5) is 4.79 Å². The van der Waals surface area contributed by atoms with Gasteiger partial charge in [0.25, 0.3) is 0 Å². The molecule has 0 radical (unpaired) electrons. The number of aliphatic hydroxyl groups excluding tert-OH is 1. The monoisotopic (exact) mass is 228 g/mol. The van der Waals surface area contributed by atoms with E-state index in [1.807, 2.05) is 0 Å². The molecule has 16 heavy (non-hydrogen) atoms. The first-order valence-electron chi connectivity index (χ1n) is 5.93. The van der Waals surface area contributed by atoms with Crippen LogP contribution in [0, 0.1) is 11.3 Å². The lowest BCUT2D eigenvalue weighted by atomic mass is 9.86. The number of rotatable bonds is 3. The van der Waals surface area contributed by atoms with Crippen LogP contribution in [0.25, 0.3) is 0 Å². The summed E-state index contributed by atoms with van der Waals surface area (Å²) in [5, 5.41) is 20.6. The van der Waals surface area contributed by atoms with Crippen molar-refractivity contribution in [3.8, 4) is 0 Å². The number of nitrogens with zero attached hydrogens (tertiary/aromatic N) is 1. The maximum atomic E-state index is 10.6. The van der Waals surface area contributed by atoms with Gasteiger partial charge in [-0.3, -0.25) is 0 Å². The third kappa shape index (κ3) is 4.00. The first kappa shape index (κ1) is 13.3. The maximum absolute atomic E-state index is 10.6. The Morgan fingerprint density at radius 2 is 2.19 bits per heavy atom. The minimum atomic E-state index is -1.12. The average molecular weight is 228 g/mol. The van der Waals surface area contributed by atoms with Crippen molar-refractivity contribution >= 4 is 6.09 Å². The lowest BCUT2D eigenvalue weighted by Crippen LogP contribution is -2.40. The van der Waals surface area contributed by atoms with Crippen LogP contribution in [-0.4, -0.2) is 35.3 Å². The van der Waals surface area contributed by atoms with E-state index in [1.165, 1.54) is 4.90 Å². The summed E-state index contributed by atoms with van der Waals surface area (Å²) < 4.78 is 0. The average Bonchev–Trinajstić information content (AvgIpc) is 2.61. The molecule has 0 aromatic carbocycles. The van der Waals surface area contributed by atoms with Gasteiger partial charge in [-0.25, -0.2) is 0 Å². The van der Waals surface area contributed by atoms with Crippen molar-refractivity contribution in [2.24, 2.45) is 11.3 Å². The summed E-state index contributed by atoms with van der Waals surface area (Å²) in [5.41, 5.74) is 0.216. The lowest BCUT2D eigenvalue weighted by Gasteiger charge is -2.24. The Bertz CT molecular complexity index is 247. The van der Waals surface area contributed by atoms with Crippen LogP contribution in [0.1, 0.15) is 40.0 Å². The topological polar surface area (TPSA) is 63.6 Å². The largest absolute Gasteiger partial charge is 0.530 e. The molecular weight excluding hydrogens is 206 g/mol. The van der Waals surface area contributed by atoms with E-state index in [0.717, 1.165) is 19.3 Å². The summed E-state index contributed by atoms with van der Waals surface area (Å²) in [4.78, 5) is 11.9. The molecule has 1 amide bonds. The Morgan fingerprint density at radius 1 is 1.56 bits per heavy atom. The highest BCUT2D eigenvalue weighted by molar-refractivity contribution is 5.62. The van der Waals surface area contributed by atoms with Crippen LogP contribution in [0.2, 0.25) is 0 Å². The van der Waals surface area contributed by atoms with Crippen LogP contribution in [0.15, 0.2) is 0 Å². The van der Waals surface area contributed by atoms with Gasteiger partial charge in [0.05, 0.1) is 6.10 Å². The normalized spacial score (nSPS) is 23.5. The molecule has 1 aliphatic rings. The molecule has 0 aromatic rings. The standard InChI is InChI=1S/C12H23NO3/c1-12(2,3)6-4-10(14)9-5-7-13(8-9)11(15)16/h9-10,14H,4-8H2,1-3H3,(H,15,16)/p-1/t9?,10-/m1/s1. The summed E-state index contributed by atoms with van der Waals surface area (Å²) >= 11 is 0. The van der Waals surface area contributed by atoms with Gasteiger partial charge in [0.15, 0.2) is 0 Å². The molecular formula is C12H22NO3-. The first-order chi connectivity index (χ1) is 7.29. The number of aliphatic hydroxyl groups is 1. The summed E-state index contributed by atoms with van der Waals surface area (Å²) in [6.45, 7) is 7.35. The number of amides is 1. The minimum absolute atomic E-state index is 0.0836. The highest BCUT2D eigenvalue weighted by Gasteiger charge is 2.28. The van der Waals surface area contributed by atoms with Crippen LogP contribution >= 0.6 is 0 Å². The molecule has 4 heteroatoms. The minimum Gasteiger partial charge on any atom is -0.530 e. The quantitative estimate of drug-likeness (QED) is 0.778. The molecule has 94 valence electrons. The molecule has 0 spiro atoms. The van der Waals surface area contributed by atoms with Crippen LogP contribution in [0.3, 0.4) is 0 Å². The van der Waals surface area contributed by atoms with Gasteiger partial charge in [0, 0.05) is 19.0 Å². The predicted octanol–water partition coefficient (Wildman–Crippen LogP) is 0.839. The SMILES string of the molecule is CC(C)(C)CC[C@@H](O)C1CCN(C(=O)[O-])C1. The summed E-state index contributed by atoms with van der Waals surface area (Å²) in [7, 11) is 0. The highest BCUT2D eigenvalue weighted by atomic mass is 16.4. The van der Waals surface area contributed by atoms with E-state index >= 15 is 0 Å². The summed E-state index contributed by atoms with van der Waals surface area (Å²) in [6, 6.07) is 0. The zero-order chi connectivity index (χ0) is 12.3. The van der Waals surface area contributed by atoms with Gasteiger partial charge >= 0.3 is 0 Å². The van der Waals surface area contributed by atoms with Crippen molar-refractivity contribution in [3.05, 3.63) is 0 Å². The molecule has 0 saturated carbocycles. The van der Waals surface area contributed by atoms with E-state index in [-0.39, 0.29) is 17.4 Å². The highest BCUT2D eigenvalue weighted by Crippen LogP contribution is 2.27. The van der Waals surface area contributed by atoms with Gasteiger partial charge < -0.3 is 19.9 Å². The molecule has 0 bridgehead atoms. The van der Waals surface area contributed by atoms with Crippen molar-refractivity contribution in [1.82, 2.24) is 4.90 Å². The van der Waals surface area contributed by atoms with E-state index in [0.29, 0.717) is 13.1 Å². The summed E-state index contributed by atoms with van der Waals surface area (Å²) in [5.74, 6) is 0.0836. The van der Waals surface area contributed by atoms with E-state index in [9.17, 15) is 15.0 Å². The van der Waals surface area contributed by atoms with Gasteiger partial charge in [-0.15, -0.1) is 0 Å². The van der Waals surface area contributed by atoms with Crippen molar-refractivity contribution in [2.45, 2.75) is 46.1 Å². The molecule has 0 aromatic heterocycles. The molecule has 1 N–H and O–H groups in total. The number of hydrogen-bond donors (Lipinski definition) is 1. The molecule has 4 nitrogen and oxygen atoms in total. The fourth-order valence-electron chi connectivity index (χ4n) is 2.08. The van der Waals surface area contributed by atoms with E-state index in [2.05, 4.69) is 20.8 Å². The van der Waals surface area contributed by atoms with E-state index in [1.54, 1.807) is 0 Å². The van der Waals surface area contributed by atoms with Crippen molar-refractivity contribution < 1.29 is 15.0 Å². The smallest absolute Gasteiger partial charge is 0.136 e. The lowest BCUT2D eigenvalue weighted by molar-refractivity contribution is -0.264. The third-order valence-corrected chi connectivity index (χ3v) is 3.22. The number of hydrogen-bond acceptors (Lipinski definition) is 3. The van der Waals surface area contributed by atoms with Crippen LogP contribution < -0.4 is 5.11 Å². The van der Waals surface area contributed by atoms with Crippen LogP contribution in [-0.2, 0) is 0 Å². The second-order valence-electron chi connectivity index (χ2n) is 5.93. The Morgan fingerprint density at radius 3 is 2.62 bits per heavy atom. The fourth-order valence-corrected chi connectivity index (χ4v) is 2.08. The van der Waals surface area contributed by atoms with Gasteiger partial charge in [-0.05, 0) is 24.7 Å². The number of carbonyl (C=O) groups is 1. The van der Waals surface area contributed by atoms with Crippen molar-refractivity contribution in [3.63, 3.8) is 0 Å². The zero-order valence-corrected chi connectivity index (χ0v) is 10.4. The Kier molecular flexibility index (Phi) is 4.19. The second kappa shape index (κ2) is 5.04. The van der Waals surface area contributed by atoms with Crippen molar-refractivity contribution in [1.29, 1.82) is 0 Å². The van der Waals surface area contributed by atoms with Gasteiger partial charge in [0.2, 0.25) is 0 Å².